The first-order valence-corrected chi connectivity index (χ1v) is 8.59. The summed E-state index contributed by atoms with van der Waals surface area (Å²) >= 11 is 0. The Balaban J connectivity index is 1.86. The summed E-state index contributed by atoms with van der Waals surface area (Å²) in [5.41, 5.74) is 1.07. The van der Waals surface area contributed by atoms with Crippen LogP contribution < -0.4 is 5.32 Å². The first-order valence-electron chi connectivity index (χ1n) is 8.59. The van der Waals surface area contributed by atoms with Crippen molar-refractivity contribution < 1.29 is 4.79 Å². The second-order valence-electron chi connectivity index (χ2n) is 6.58. The number of benzene rings is 2. The van der Waals surface area contributed by atoms with Crippen LogP contribution in [0.1, 0.15) is 38.2 Å². The molecule has 2 aromatic rings. The van der Waals surface area contributed by atoms with Gasteiger partial charge >= 0.3 is 0 Å². The first-order chi connectivity index (χ1) is 11.7. The van der Waals surface area contributed by atoms with Crippen molar-refractivity contribution in [3.05, 3.63) is 53.6 Å². The Morgan fingerprint density at radius 3 is 2.71 bits per heavy atom. The Kier molecular flexibility index (Phi) is 4.96. The van der Waals surface area contributed by atoms with Crippen molar-refractivity contribution in [3.8, 4) is 6.07 Å². The SMILES string of the molecule is C[C@@H]1CCCC[C@@H]1NC(=O)/C(C#N)=C/c1cccc2ccccc12. The summed E-state index contributed by atoms with van der Waals surface area (Å²) in [5, 5.41) is 14.7. The van der Waals surface area contributed by atoms with Gasteiger partial charge in [0.15, 0.2) is 0 Å². The van der Waals surface area contributed by atoms with E-state index in [1.54, 1.807) is 6.08 Å². The lowest BCUT2D eigenvalue weighted by molar-refractivity contribution is -0.118. The maximum absolute atomic E-state index is 12.5. The van der Waals surface area contributed by atoms with Crippen LogP contribution in [-0.2, 0) is 4.79 Å². The molecule has 1 aliphatic carbocycles. The fraction of sp³-hybridized carbons (Fsp3) is 0.333. The lowest BCUT2D eigenvalue weighted by atomic mass is 9.86. The van der Waals surface area contributed by atoms with E-state index in [-0.39, 0.29) is 17.5 Å². The van der Waals surface area contributed by atoms with Gasteiger partial charge < -0.3 is 5.32 Å². The molecule has 24 heavy (non-hydrogen) atoms. The number of fused-ring (bicyclic) bond motifs is 1. The van der Waals surface area contributed by atoms with Gasteiger partial charge in [0.2, 0.25) is 0 Å². The van der Waals surface area contributed by atoms with Crippen LogP contribution in [-0.4, -0.2) is 11.9 Å². The van der Waals surface area contributed by atoms with Crippen molar-refractivity contribution in [1.29, 1.82) is 5.26 Å². The monoisotopic (exact) mass is 318 g/mol. The van der Waals surface area contributed by atoms with Gasteiger partial charge in [0.25, 0.3) is 5.91 Å². The summed E-state index contributed by atoms with van der Waals surface area (Å²) in [5.74, 6) is 0.212. The fourth-order valence-corrected chi connectivity index (χ4v) is 3.46. The molecule has 0 radical (unpaired) electrons. The molecule has 0 bridgehead atoms. The predicted octanol–water partition coefficient (Wildman–Crippen LogP) is 4.44. The highest BCUT2D eigenvalue weighted by Gasteiger charge is 2.24. The second-order valence-corrected chi connectivity index (χ2v) is 6.58. The van der Waals surface area contributed by atoms with Crippen LogP contribution in [0, 0.1) is 17.2 Å². The Morgan fingerprint density at radius 2 is 1.92 bits per heavy atom. The van der Waals surface area contributed by atoms with Crippen LogP contribution in [0.4, 0.5) is 0 Å². The summed E-state index contributed by atoms with van der Waals surface area (Å²) < 4.78 is 0. The zero-order valence-electron chi connectivity index (χ0n) is 14.0. The van der Waals surface area contributed by atoms with Crippen LogP contribution in [0.3, 0.4) is 0 Å². The molecule has 0 unspecified atom stereocenters. The highest BCUT2D eigenvalue weighted by atomic mass is 16.1. The number of nitriles is 1. The molecular formula is C21H22N2O. The van der Waals surface area contributed by atoms with Gasteiger partial charge in [-0.3, -0.25) is 4.79 Å². The average Bonchev–Trinajstić information content (AvgIpc) is 2.61. The summed E-state index contributed by atoms with van der Waals surface area (Å²) in [7, 11) is 0. The molecule has 0 aliphatic heterocycles. The average molecular weight is 318 g/mol. The summed E-state index contributed by atoms with van der Waals surface area (Å²) in [6.45, 7) is 2.17. The molecule has 0 saturated heterocycles. The fourth-order valence-electron chi connectivity index (χ4n) is 3.46. The molecule has 0 aromatic heterocycles. The van der Waals surface area contributed by atoms with E-state index >= 15 is 0 Å². The van der Waals surface area contributed by atoms with Gasteiger partial charge in [-0.2, -0.15) is 5.26 Å². The van der Waals surface area contributed by atoms with Crippen molar-refractivity contribution >= 4 is 22.8 Å². The molecule has 3 heteroatoms. The van der Waals surface area contributed by atoms with Crippen LogP contribution in [0.2, 0.25) is 0 Å². The third-order valence-electron chi connectivity index (χ3n) is 4.92. The van der Waals surface area contributed by atoms with E-state index in [1.807, 2.05) is 42.5 Å². The third-order valence-corrected chi connectivity index (χ3v) is 4.92. The molecule has 1 amide bonds. The summed E-state index contributed by atoms with van der Waals surface area (Å²) in [6, 6.07) is 16.2. The Bertz CT molecular complexity index is 811. The Labute approximate surface area is 143 Å². The maximum Gasteiger partial charge on any atom is 0.262 e. The van der Waals surface area contributed by atoms with Crippen molar-refractivity contribution in [3.63, 3.8) is 0 Å². The Morgan fingerprint density at radius 1 is 1.17 bits per heavy atom. The molecular weight excluding hydrogens is 296 g/mol. The number of amides is 1. The van der Waals surface area contributed by atoms with Crippen molar-refractivity contribution in [2.75, 3.05) is 0 Å². The van der Waals surface area contributed by atoms with E-state index in [1.165, 1.54) is 6.42 Å². The molecule has 2 atom stereocenters. The molecule has 3 rings (SSSR count). The molecule has 122 valence electrons. The van der Waals surface area contributed by atoms with E-state index < -0.39 is 0 Å². The lowest BCUT2D eigenvalue weighted by Gasteiger charge is -2.29. The van der Waals surface area contributed by atoms with Gasteiger partial charge in [-0.1, -0.05) is 62.2 Å². The summed E-state index contributed by atoms with van der Waals surface area (Å²) in [6.07, 6.45) is 6.21. The van der Waals surface area contributed by atoms with Crippen molar-refractivity contribution in [1.82, 2.24) is 5.32 Å². The van der Waals surface area contributed by atoms with E-state index in [9.17, 15) is 10.1 Å². The molecule has 1 fully saturated rings. The number of nitrogens with zero attached hydrogens (tertiary/aromatic N) is 1. The lowest BCUT2D eigenvalue weighted by Crippen LogP contribution is -2.41. The highest BCUT2D eigenvalue weighted by Crippen LogP contribution is 2.24. The quantitative estimate of drug-likeness (QED) is 0.672. The number of carbonyl (C=O) groups is 1. The largest absolute Gasteiger partial charge is 0.348 e. The van der Waals surface area contributed by atoms with E-state index in [4.69, 9.17) is 0 Å². The van der Waals surface area contributed by atoms with Crippen molar-refractivity contribution in [2.45, 2.75) is 38.6 Å². The minimum Gasteiger partial charge on any atom is -0.348 e. The number of carbonyl (C=O) groups excluding carboxylic acids is 1. The number of nitrogens with one attached hydrogen (secondary N) is 1. The van der Waals surface area contributed by atoms with Crippen molar-refractivity contribution in [2.24, 2.45) is 5.92 Å². The van der Waals surface area contributed by atoms with E-state index in [0.717, 1.165) is 35.6 Å². The topological polar surface area (TPSA) is 52.9 Å². The zero-order valence-corrected chi connectivity index (χ0v) is 14.0. The third kappa shape index (κ3) is 3.49. The van der Waals surface area contributed by atoms with Gasteiger partial charge in [0.05, 0.1) is 0 Å². The van der Waals surface area contributed by atoms with Gasteiger partial charge in [0.1, 0.15) is 11.6 Å². The highest BCUT2D eigenvalue weighted by molar-refractivity contribution is 6.04. The second kappa shape index (κ2) is 7.31. The van der Waals surface area contributed by atoms with Gasteiger partial charge in [0, 0.05) is 6.04 Å². The molecule has 1 N–H and O–H groups in total. The smallest absolute Gasteiger partial charge is 0.262 e. The molecule has 0 spiro atoms. The molecule has 2 aromatic carbocycles. The molecule has 1 aliphatic rings. The molecule has 3 nitrogen and oxygen atoms in total. The van der Waals surface area contributed by atoms with Crippen LogP contribution in [0.25, 0.3) is 16.8 Å². The Hall–Kier alpha value is -2.60. The van der Waals surface area contributed by atoms with Crippen LogP contribution >= 0.6 is 0 Å². The molecule has 0 heterocycles. The predicted molar refractivity (Wildman–Crippen MR) is 97.1 cm³/mol. The van der Waals surface area contributed by atoms with Crippen LogP contribution in [0.15, 0.2) is 48.0 Å². The standard InChI is InChI=1S/C21H22N2O/c1-15-7-2-5-12-20(15)23-21(24)18(14-22)13-17-10-6-9-16-8-3-4-11-19(16)17/h3-4,6,8-11,13,15,20H,2,5,7,12H2,1H3,(H,23,24)/b18-13+/t15-,20+/m1/s1. The first kappa shape index (κ1) is 16.3. The van der Waals surface area contributed by atoms with Crippen LogP contribution in [0.5, 0.6) is 0 Å². The normalized spacial score (nSPS) is 21.2. The maximum atomic E-state index is 12.5. The number of hydrogen-bond donors (Lipinski definition) is 1. The number of rotatable bonds is 3. The van der Waals surface area contributed by atoms with Gasteiger partial charge in [-0.25, -0.2) is 0 Å². The zero-order chi connectivity index (χ0) is 16.9. The number of hydrogen-bond acceptors (Lipinski definition) is 2. The van der Waals surface area contributed by atoms with Gasteiger partial charge in [-0.15, -0.1) is 0 Å². The van der Waals surface area contributed by atoms with E-state index in [0.29, 0.717) is 5.92 Å². The minimum absolute atomic E-state index is 0.170. The minimum atomic E-state index is -0.260. The van der Waals surface area contributed by atoms with Gasteiger partial charge in [-0.05, 0) is 41.2 Å². The summed E-state index contributed by atoms with van der Waals surface area (Å²) in [4.78, 5) is 12.5. The van der Waals surface area contributed by atoms with E-state index in [2.05, 4.69) is 18.3 Å². The molecule has 1 saturated carbocycles.